The van der Waals surface area contributed by atoms with Crippen molar-refractivity contribution in [1.82, 2.24) is 9.56 Å². The van der Waals surface area contributed by atoms with Gasteiger partial charge in [0.05, 0.1) is 24.3 Å². The second-order valence-electron chi connectivity index (χ2n) is 15.6. The van der Waals surface area contributed by atoms with Crippen LogP contribution in [0.25, 0.3) is 33.7 Å². The minimum atomic E-state index is -0.0674. The van der Waals surface area contributed by atoms with E-state index in [0.717, 1.165) is 71.4 Å². The Morgan fingerprint density at radius 2 is 1.41 bits per heavy atom. The van der Waals surface area contributed by atoms with Gasteiger partial charge in [-0.2, -0.15) is 5.90 Å². The molecule has 4 aliphatic rings. The van der Waals surface area contributed by atoms with E-state index in [9.17, 15) is 5.11 Å². The summed E-state index contributed by atoms with van der Waals surface area (Å²) in [6.45, 7) is 27.4. The number of fused-ring (bicyclic) bond motifs is 4. The molecule has 0 atom stereocenters. The molecule has 3 aromatic carbocycles. The molecular formula is C46H61N6O4+. The number of nitrogens with two attached hydrogens (primary N) is 1. The van der Waals surface area contributed by atoms with Crippen molar-refractivity contribution < 1.29 is 19.1 Å². The number of methoxy groups -OCH3 is 1. The maximum atomic E-state index is 9.23. The molecule has 1 aliphatic carbocycles. The first-order valence-electron chi connectivity index (χ1n) is 19.6. The Morgan fingerprint density at radius 1 is 0.804 bits per heavy atom. The number of benzene rings is 4. The van der Waals surface area contributed by atoms with Crippen LogP contribution in [0.3, 0.4) is 0 Å². The lowest BCUT2D eigenvalue weighted by Crippen LogP contribution is -2.31. The molecule has 298 valence electrons. The third kappa shape index (κ3) is 9.30. The summed E-state index contributed by atoms with van der Waals surface area (Å²) in [6.07, 6.45) is 4.45. The molecule has 0 saturated heterocycles. The number of allylic oxidation sites excluding steroid dienone is 2. The second-order valence-corrected chi connectivity index (χ2v) is 15.6. The number of aryl methyl sites for hydroxylation is 1. The third-order valence-electron chi connectivity index (χ3n) is 10.2. The van der Waals surface area contributed by atoms with E-state index in [0.29, 0.717) is 17.2 Å². The van der Waals surface area contributed by atoms with Crippen LogP contribution in [0.2, 0.25) is 0 Å². The molecule has 0 fully saturated rings. The number of nitrogens with one attached hydrogen (secondary N) is 2. The first kappa shape index (κ1) is 41.7. The molecule has 56 heavy (non-hydrogen) atoms. The second kappa shape index (κ2) is 17.1. The van der Waals surface area contributed by atoms with Gasteiger partial charge < -0.3 is 34.6 Å². The highest BCUT2D eigenvalue weighted by molar-refractivity contribution is 5.90. The number of phenols is 1. The molecule has 10 nitrogen and oxygen atoms in total. The van der Waals surface area contributed by atoms with Crippen molar-refractivity contribution in [3.63, 3.8) is 0 Å². The molecule has 0 saturated carbocycles. The van der Waals surface area contributed by atoms with Crippen molar-refractivity contribution in [3.05, 3.63) is 94.9 Å². The van der Waals surface area contributed by atoms with Gasteiger partial charge in [0.1, 0.15) is 30.0 Å². The Balaban J connectivity index is 0.000000177. The largest absolute Gasteiger partial charge is 0.508 e. The van der Waals surface area contributed by atoms with Crippen molar-refractivity contribution in [1.29, 1.82) is 0 Å². The highest BCUT2D eigenvalue weighted by Gasteiger charge is 2.26. The fraction of sp³-hybridized carbons (Fsp3) is 0.391. The van der Waals surface area contributed by atoms with Crippen molar-refractivity contribution in [3.8, 4) is 28.7 Å². The van der Waals surface area contributed by atoms with Crippen molar-refractivity contribution in [2.75, 3.05) is 48.8 Å². The number of aromatic nitrogens is 1. The van der Waals surface area contributed by atoms with E-state index in [1.165, 1.54) is 27.6 Å². The number of phenolic OH excluding ortho intramolecular Hbond substituents is 1. The predicted molar refractivity (Wildman–Crippen MR) is 234 cm³/mol. The van der Waals surface area contributed by atoms with E-state index in [1.807, 2.05) is 24.3 Å². The number of rotatable bonds is 7. The van der Waals surface area contributed by atoms with E-state index in [4.69, 9.17) is 24.9 Å². The van der Waals surface area contributed by atoms with E-state index >= 15 is 0 Å². The van der Waals surface area contributed by atoms with Crippen molar-refractivity contribution in [2.45, 2.75) is 87.2 Å². The minimum absolute atomic E-state index is 0.0623. The van der Waals surface area contributed by atoms with Gasteiger partial charge in [0.2, 0.25) is 5.36 Å². The normalized spacial score (nSPS) is 14.6. The highest BCUT2D eigenvalue weighted by Crippen LogP contribution is 2.41. The third-order valence-corrected chi connectivity index (χ3v) is 10.2. The summed E-state index contributed by atoms with van der Waals surface area (Å²) in [6, 6.07) is 19.6. The van der Waals surface area contributed by atoms with E-state index < -0.39 is 0 Å². The Morgan fingerprint density at radius 3 is 1.96 bits per heavy atom. The summed E-state index contributed by atoms with van der Waals surface area (Å²) < 4.78 is 13.9. The first-order chi connectivity index (χ1) is 26.5. The molecule has 0 unspecified atom stereocenters. The Bertz CT molecular complexity index is 2290. The lowest BCUT2D eigenvalue weighted by Gasteiger charge is -2.31. The van der Waals surface area contributed by atoms with Gasteiger partial charge in [0, 0.05) is 65.0 Å². The van der Waals surface area contributed by atoms with Gasteiger partial charge in [0.25, 0.3) is 0 Å². The smallest absolute Gasteiger partial charge is 0.206 e. The topological polar surface area (TPSA) is 121 Å². The Hall–Kier alpha value is -5.48. The van der Waals surface area contributed by atoms with Crippen LogP contribution < -0.4 is 40.9 Å². The molecule has 0 bridgehead atoms. The highest BCUT2D eigenvalue weighted by atomic mass is 16.6. The van der Waals surface area contributed by atoms with Crippen LogP contribution in [0.1, 0.15) is 85.9 Å². The maximum Gasteiger partial charge on any atom is 0.206 e. The lowest BCUT2D eigenvalue weighted by atomic mass is 9.91. The van der Waals surface area contributed by atoms with Gasteiger partial charge in [0.15, 0.2) is 22.8 Å². The monoisotopic (exact) mass is 761 g/mol. The van der Waals surface area contributed by atoms with Crippen LogP contribution in [-0.2, 0) is 0 Å². The number of nitrogens with zero attached hydrogens (tertiary/aromatic N) is 3. The average molecular weight is 762 g/mol. The molecule has 0 amide bonds. The number of aromatic hydroxyl groups is 1. The van der Waals surface area contributed by atoms with E-state index in [-0.39, 0.29) is 11.1 Å². The summed E-state index contributed by atoms with van der Waals surface area (Å²) in [4.78, 5) is 11.9. The average Bonchev–Trinajstić information content (AvgIpc) is 3.14. The van der Waals surface area contributed by atoms with Crippen LogP contribution >= 0.6 is 0 Å². The lowest BCUT2D eigenvalue weighted by molar-refractivity contribution is 0.306. The Labute approximate surface area is 332 Å². The molecule has 0 radical (unpaired) electrons. The van der Waals surface area contributed by atoms with Crippen LogP contribution in [0, 0.1) is 6.92 Å². The maximum absolute atomic E-state index is 9.23. The molecule has 0 spiro atoms. The molecule has 3 heterocycles. The van der Waals surface area contributed by atoms with E-state index in [2.05, 4.69) is 133 Å². The van der Waals surface area contributed by atoms with Gasteiger partial charge in [-0.15, -0.1) is 0 Å². The molecular weight excluding hydrogens is 701 g/mol. The first-order valence-corrected chi connectivity index (χ1v) is 19.6. The van der Waals surface area contributed by atoms with Crippen molar-refractivity contribution in [2.24, 2.45) is 5.90 Å². The molecule has 0 aromatic heterocycles. The number of hydrogen-bond acceptors (Lipinski definition) is 9. The van der Waals surface area contributed by atoms with Crippen LogP contribution in [-0.4, -0.2) is 54.5 Å². The van der Waals surface area contributed by atoms with Gasteiger partial charge in [-0.1, -0.05) is 18.2 Å². The predicted octanol–water partition coefficient (Wildman–Crippen LogP) is 9.45. The van der Waals surface area contributed by atoms with Gasteiger partial charge in [-0.05, 0) is 118 Å². The quantitative estimate of drug-likeness (QED) is 0.0730. The fourth-order valence-electron chi connectivity index (χ4n) is 7.68. The summed E-state index contributed by atoms with van der Waals surface area (Å²) in [7, 11) is 1.60. The zero-order chi connectivity index (χ0) is 40.9. The van der Waals surface area contributed by atoms with Gasteiger partial charge >= 0.3 is 0 Å². The zero-order valence-electron chi connectivity index (χ0n) is 35.3. The molecule has 3 aromatic rings. The summed E-state index contributed by atoms with van der Waals surface area (Å²) in [5.41, 5.74) is 11.7. The summed E-state index contributed by atoms with van der Waals surface area (Å²) in [5, 5.41) is 17.5. The summed E-state index contributed by atoms with van der Waals surface area (Å²) >= 11 is 0. The fourth-order valence-corrected chi connectivity index (χ4v) is 7.68. The molecule has 10 heteroatoms. The van der Waals surface area contributed by atoms with Gasteiger partial charge in [-0.3, -0.25) is 0 Å². The van der Waals surface area contributed by atoms with E-state index in [1.54, 1.807) is 19.2 Å². The van der Waals surface area contributed by atoms with Crippen LogP contribution in [0.15, 0.2) is 77.2 Å². The van der Waals surface area contributed by atoms with Gasteiger partial charge in [-0.25, -0.2) is 9.56 Å². The molecule has 7 rings (SSSR count). The number of ether oxygens (including phenoxy) is 1. The number of hydrogen-bond donors (Lipinski definition) is 4. The van der Waals surface area contributed by atoms with Crippen molar-refractivity contribution >= 4 is 39.3 Å². The molecule has 5 N–H and O–H groups in total. The van der Waals surface area contributed by atoms with Crippen LogP contribution in [0.5, 0.6) is 17.2 Å². The molecule has 3 aliphatic heterocycles. The number of anilines is 3. The van der Waals surface area contributed by atoms with Crippen LogP contribution in [0.4, 0.5) is 17.1 Å². The standard InChI is InChI=1S/C23H27N3O.C13H18N2O2.C10H15NO/c1-7-26(8-2)20-12-22-18(9-14(20)3)24-19-10-16-15(4)13-23(5,6)25-17(16)11-21(19)27-22;1-8-7-13(2,3)15-10-6-11(16-4)12(17-14)5-9(8)10;1-3-11(4-2)9-6-5-7-10(12)8-9/h9-13H,7-8H2,1-6H3;5-7,15H,14H2,1-4H3;5-8,12H,3-4H2,1-2H3/p+1. The minimum Gasteiger partial charge on any atom is -0.508 e. The SMILES string of the molecule is CCN(CC)c1cccc(O)c1.CC[N+](CC)=c1cc2oc3cc4c(cc3nc-2cc1C)C(C)=CC(C)(C)N4.COc1cc2c(cc1ON)C(C)=CC(C)(C)N2. The summed E-state index contributed by atoms with van der Waals surface area (Å²) in [5.74, 6) is 7.57. The Kier molecular flexibility index (Phi) is 12.7. The zero-order valence-corrected chi connectivity index (χ0v) is 35.3.